The van der Waals surface area contributed by atoms with Gasteiger partial charge in [0.25, 0.3) is 0 Å². The van der Waals surface area contributed by atoms with E-state index in [0.29, 0.717) is 0 Å². The summed E-state index contributed by atoms with van der Waals surface area (Å²) in [4.78, 5) is 0. The molecule has 20 heavy (non-hydrogen) atoms. The molecule has 0 unspecified atom stereocenters. The molecule has 0 aliphatic heterocycles. The van der Waals surface area contributed by atoms with Crippen molar-refractivity contribution in [3.63, 3.8) is 0 Å². The van der Waals surface area contributed by atoms with Crippen LogP contribution in [-0.4, -0.2) is 7.11 Å². The van der Waals surface area contributed by atoms with E-state index in [1.807, 2.05) is 6.07 Å². The maximum absolute atomic E-state index is 5.44. The Bertz CT molecular complexity index is 590. The normalized spacial score (nSPS) is 10.4. The van der Waals surface area contributed by atoms with E-state index in [9.17, 15) is 0 Å². The largest absolute Gasteiger partial charge is 0.496 e. The molecule has 0 bridgehead atoms. The number of ether oxygens (including phenoxy) is 1. The molecule has 2 rings (SSSR count). The average molecular weight is 269 g/mol. The second kappa shape index (κ2) is 6.47. The Morgan fingerprint density at radius 2 is 1.85 bits per heavy atom. The van der Waals surface area contributed by atoms with Crippen LogP contribution in [0.15, 0.2) is 36.4 Å². The first-order chi connectivity index (χ1) is 9.65. The molecule has 0 atom stereocenters. The summed E-state index contributed by atoms with van der Waals surface area (Å²) in [6.45, 7) is 7.22. The topological polar surface area (TPSA) is 21.3 Å². The highest BCUT2D eigenvalue weighted by Gasteiger charge is 2.07. The van der Waals surface area contributed by atoms with Gasteiger partial charge in [-0.15, -0.1) is 0 Å². The van der Waals surface area contributed by atoms with Crippen LogP contribution in [0.4, 0.5) is 5.69 Å². The molecular weight excluding hydrogens is 246 g/mol. The lowest BCUT2D eigenvalue weighted by atomic mass is 10.0. The quantitative estimate of drug-likeness (QED) is 0.863. The van der Waals surface area contributed by atoms with E-state index in [-0.39, 0.29) is 0 Å². The van der Waals surface area contributed by atoms with Crippen molar-refractivity contribution in [2.45, 2.75) is 33.7 Å². The molecule has 0 amide bonds. The van der Waals surface area contributed by atoms with Gasteiger partial charge in [-0.1, -0.05) is 42.8 Å². The predicted molar refractivity (Wildman–Crippen MR) is 85.6 cm³/mol. The van der Waals surface area contributed by atoms with Gasteiger partial charge in [0.1, 0.15) is 5.75 Å². The summed E-state index contributed by atoms with van der Waals surface area (Å²) >= 11 is 0. The average Bonchev–Trinajstić information content (AvgIpc) is 2.46. The van der Waals surface area contributed by atoms with Crippen molar-refractivity contribution in [1.82, 2.24) is 0 Å². The van der Waals surface area contributed by atoms with Gasteiger partial charge in [0, 0.05) is 17.8 Å². The van der Waals surface area contributed by atoms with Gasteiger partial charge < -0.3 is 10.1 Å². The third-order valence-corrected chi connectivity index (χ3v) is 3.63. The van der Waals surface area contributed by atoms with E-state index in [1.54, 1.807) is 7.11 Å². The summed E-state index contributed by atoms with van der Waals surface area (Å²) in [5.41, 5.74) is 6.34. The lowest BCUT2D eigenvalue weighted by Gasteiger charge is -2.16. The molecule has 0 saturated heterocycles. The number of nitrogens with one attached hydrogen (secondary N) is 1. The Morgan fingerprint density at radius 1 is 1.05 bits per heavy atom. The monoisotopic (exact) mass is 269 g/mol. The van der Waals surface area contributed by atoms with Crippen molar-refractivity contribution in [3.8, 4) is 5.75 Å². The highest BCUT2D eigenvalue weighted by Crippen LogP contribution is 2.25. The minimum atomic E-state index is 0.780. The molecule has 2 aromatic rings. The molecule has 0 saturated carbocycles. The Hall–Kier alpha value is -1.96. The summed E-state index contributed by atoms with van der Waals surface area (Å²) in [5, 5.41) is 3.57. The van der Waals surface area contributed by atoms with Crippen LogP contribution >= 0.6 is 0 Å². The number of benzene rings is 2. The van der Waals surface area contributed by atoms with Crippen LogP contribution in [0.5, 0.6) is 5.75 Å². The summed E-state index contributed by atoms with van der Waals surface area (Å²) in [6, 6.07) is 12.7. The molecular formula is C18H23NO. The second-order valence-electron chi connectivity index (χ2n) is 5.13. The molecule has 0 aliphatic carbocycles. The van der Waals surface area contributed by atoms with E-state index in [2.05, 4.69) is 56.4 Å². The lowest BCUT2D eigenvalue weighted by Crippen LogP contribution is -2.05. The van der Waals surface area contributed by atoms with Crippen LogP contribution < -0.4 is 10.1 Å². The Balaban J connectivity index is 2.23. The number of para-hydroxylation sites is 1. The molecule has 1 N–H and O–H groups in total. The maximum atomic E-state index is 5.44. The smallest absolute Gasteiger partial charge is 0.123 e. The van der Waals surface area contributed by atoms with Gasteiger partial charge in [-0.2, -0.15) is 0 Å². The van der Waals surface area contributed by atoms with Crippen molar-refractivity contribution in [3.05, 3.63) is 58.7 Å². The van der Waals surface area contributed by atoms with Crippen molar-refractivity contribution in [2.75, 3.05) is 12.4 Å². The standard InChI is InChI=1S/C18H23NO/c1-5-15-8-6-7-14(3)18(15)19-12-16-11-13(2)9-10-17(16)20-4/h6-11,19H,5,12H2,1-4H3. The van der Waals surface area contributed by atoms with Gasteiger partial charge in [0.2, 0.25) is 0 Å². The fourth-order valence-electron chi connectivity index (χ4n) is 2.51. The molecule has 2 nitrogen and oxygen atoms in total. The fraction of sp³-hybridized carbons (Fsp3) is 0.333. The van der Waals surface area contributed by atoms with Crippen molar-refractivity contribution < 1.29 is 4.74 Å². The van der Waals surface area contributed by atoms with Crippen LogP contribution in [0.25, 0.3) is 0 Å². The zero-order valence-electron chi connectivity index (χ0n) is 12.8. The number of rotatable bonds is 5. The number of aryl methyl sites for hydroxylation is 3. The minimum Gasteiger partial charge on any atom is -0.496 e. The second-order valence-corrected chi connectivity index (χ2v) is 5.13. The fourth-order valence-corrected chi connectivity index (χ4v) is 2.51. The molecule has 0 heterocycles. The van der Waals surface area contributed by atoms with Crippen LogP contribution in [-0.2, 0) is 13.0 Å². The SMILES string of the molecule is CCc1cccc(C)c1NCc1cc(C)ccc1OC. The molecule has 0 fully saturated rings. The summed E-state index contributed by atoms with van der Waals surface area (Å²) in [5.74, 6) is 0.940. The van der Waals surface area contributed by atoms with E-state index < -0.39 is 0 Å². The van der Waals surface area contributed by atoms with Crippen molar-refractivity contribution in [2.24, 2.45) is 0 Å². The first-order valence-corrected chi connectivity index (χ1v) is 7.11. The zero-order chi connectivity index (χ0) is 14.5. The zero-order valence-corrected chi connectivity index (χ0v) is 12.8. The molecule has 0 aromatic heterocycles. The van der Waals surface area contributed by atoms with Crippen molar-refractivity contribution >= 4 is 5.69 Å². The molecule has 2 aromatic carbocycles. The van der Waals surface area contributed by atoms with Gasteiger partial charge in [0.15, 0.2) is 0 Å². The molecule has 0 aliphatic rings. The van der Waals surface area contributed by atoms with E-state index in [1.165, 1.54) is 27.9 Å². The predicted octanol–water partition coefficient (Wildman–Crippen LogP) is 4.49. The Labute approximate surface area is 121 Å². The van der Waals surface area contributed by atoms with E-state index >= 15 is 0 Å². The summed E-state index contributed by atoms with van der Waals surface area (Å²) < 4.78 is 5.44. The number of methoxy groups -OCH3 is 1. The highest BCUT2D eigenvalue weighted by atomic mass is 16.5. The van der Waals surface area contributed by atoms with Crippen LogP contribution in [0.3, 0.4) is 0 Å². The molecule has 0 radical (unpaired) electrons. The first-order valence-electron chi connectivity index (χ1n) is 7.11. The van der Waals surface area contributed by atoms with Crippen LogP contribution in [0, 0.1) is 13.8 Å². The van der Waals surface area contributed by atoms with Gasteiger partial charge in [-0.05, 0) is 37.5 Å². The first kappa shape index (κ1) is 14.4. The lowest BCUT2D eigenvalue weighted by molar-refractivity contribution is 0.410. The molecule has 2 heteroatoms. The Morgan fingerprint density at radius 3 is 2.55 bits per heavy atom. The summed E-state index contributed by atoms with van der Waals surface area (Å²) in [7, 11) is 1.72. The Kier molecular flexibility index (Phi) is 4.67. The minimum absolute atomic E-state index is 0.780. The molecule has 0 spiro atoms. The highest BCUT2D eigenvalue weighted by molar-refractivity contribution is 5.58. The third kappa shape index (κ3) is 3.13. The molecule has 106 valence electrons. The van der Waals surface area contributed by atoms with Crippen LogP contribution in [0.2, 0.25) is 0 Å². The van der Waals surface area contributed by atoms with Gasteiger partial charge in [-0.3, -0.25) is 0 Å². The number of hydrogen-bond donors (Lipinski definition) is 1. The van der Waals surface area contributed by atoms with Gasteiger partial charge in [-0.25, -0.2) is 0 Å². The van der Waals surface area contributed by atoms with Gasteiger partial charge >= 0.3 is 0 Å². The third-order valence-electron chi connectivity index (χ3n) is 3.63. The summed E-state index contributed by atoms with van der Waals surface area (Å²) in [6.07, 6.45) is 1.04. The van der Waals surface area contributed by atoms with Crippen LogP contribution in [0.1, 0.15) is 29.2 Å². The maximum Gasteiger partial charge on any atom is 0.123 e. The van der Waals surface area contributed by atoms with E-state index in [0.717, 1.165) is 18.7 Å². The van der Waals surface area contributed by atoms with E-state index in [4.69, 9.17) is 4.74 Å². The van der Waals surface area contributed by atoms with Gasteiger partial charge in [0.05, 0.1) is 7.11 Å². The number of hydrogen-bond acceptors (Lipinski definition) is 2. The van der Waals surface area contributed by atoms with Crippen molar-refractivity contribution in [1.29, 1.82) is 0 Å². The number of anilines is 1.